The van der Waals surface area contributed by atoms with Gasteiger partial charge in [0.1, 0.15) is 0 Å². The van der Waals surface area contributed by atoms with Crippen LogP contribution in [0.25, 0.3) is 0 Å². The fraction of sp³-hybridized carbons (Fsp3) is 0.818. The summed E-state index contributed by atoms with van der Waals surface area (Å²) in [6.07, 6.45) is 1.45. The molecule has 0 aromatic carbocycles. The smallest absolute Gasteiger partial charge is 0.225 e. The van der Waals surface area contributed by atoms with Gasteiger partial charge in [0.2, 0.25) is 11.8 Å². The third-order valence-corrected chi connectivity index (χ3v) is 2.74. The minimum absolute atomic E-state index is 0.00371. The summed E-state index contributed by atoms with van der Waals surface area (Å²) in [5.74, 6) is -0.107. The Morgan fingerprint density at radius 1 is 1.44 bits per heavy atom. The summed E-state index contributed by atoms with van der Waals surface area (Å²) in [5, 5.41) is 6.05. The van der Waals surface area contributed by atoms with Gasteiger partial charge in [-0.05, 0) is 13.0 Å². The first-order valence-corrected chi connectivity index (χ1v) is 5.87. The Bertz CT molecular complexity index is 256. The van der Waals surface area contributed by atoms with Crippen molar-refractivity contribution in [3.05, 3.63) is 0 Å². The average molecular weight is 227 g/mol. The lowest BCUT2D eigenvalue weighted by Gasteiger charge is -2.11. The molecule has 0 aromatic heterocycles. The van der Waals surface area contributed by atoms with E-state index in [1.165, 1.54) is 0 Å². The van der Waals surface area contributed by atoms with Crippen LogP contribution in [0.4, 0.5) is 0 Å². The maximum absolute atomic E-state index is 11.7. The molecule has 5 heteroatoms. The van der Waals surface area contributed by atoms with Crippen LogP contribution in [-0.4, -0.2) is 49.9 Å². The lowest BCUT2D eigenvalue weighted by Crippen LogP contribution is -2.36. The van der Waals surface area contributed by atoms with E-state index in [-0.39, 0.29) is 17.7 Å². The number of carbonyl (C=O) groups excluding carboxylic acids is 2. The molecule has 0 bridgehead atoms. The Hall–Kier alpha value is -1.10. The Labute approximate surface area is 96.6 Å². The molecular weight excluding hydrogens is 206 g/mol. The van der Waals surface area contributed by atoms with Crippen molar-refractivity contribution in [2.45, 2.75) is 19.8 Å². The first-order valence-electron chi connectivity index (χ1n) is 5.87. The first-order chi connectivity index (χ1) is 7.65. The van der Waals surface area contributed by atoms with E-state index in [1.54, 1.807) is 11.9 Å². The number of nitrogens with one attached hydrogen (secondary N) is 2. The van der Waals surface area contributed by atoms with Crippen molar-refractivity contribution in [2.24, 2.45) is 5.92 Å². The van der Waals surface area contributed by atoms with E-state index in [9.17, 15) is 9.59 Å². The van der Waals surface area contributed by atoms with Gasteiger partial charge in [-0.25, -0.2) is 0 Å². The highest BCUT2D eigenvalue weighted by atomic mass is 16.2. The van der Waals surface area contributed by atoms with Crippen LogP contribution in [0, 0.1) is 5.92 Å². The van der Waals surface area contributed by atoms with E-state index in [0.717, 1.165) is 19.5 Å². The molecule has 0 radical (unpaired) electrons. The van der Waals surface area contributed by atoms with Crippen molar-refractivity contribution in [2.75, 3.05) is 33.2 Å². The number of likely N-dealkylation sites (tertiary alicyclic amines) is 1. The molecular formula is C11H21N3O2. The zero-order valence-electron chi connectivity index (χ0n) is 10.1. The quantitative estimate of drug-likeness (QED) is 0.606. The summed E-state index contributed by atoms with van der Waals surface area (Å²) in [6.45, 7) is 5.04. The van der Waals surface area contributed by atoms with Crippen molar-refractivity contribution in [1.29, 1.82) is 0 Å². The summed E-state index contributed by atoms with van der Waals surface area (Å²) in [6, 6.07) is 0. The van der Waals surface area contributed by atoms with Gasteiger partial charge in [-0.3, -0.25) is 9.59 Å². The van der Waals surface area contributed by atoms with Crippen LogP contribution in [0.5, 0.6) is 0 Å². The van der Waals surface area contributed by atoms with Gasteiger partial charge < -0.3 is 15.5 Å². The van der Waals surface area contributed by atoms with Crippen LogP contribution in [0.15, 0.2) is 0 Å². The standard InChI is InChI=1S/C11H21N3O2/c1-3-4-12-5-6-13-11(16)9-7-10(15)14(2)8-9/h9,12H,3-8H2,1-2H3,(H,13,16). The van der Waals surface area contributed by atoms with E-state index < -0.39 is 0 Å². The molecule has 5 nitrogen and oxygen atoms in total. The highest BCUT2D eigenvalue weighted by Gasteiger charge is 2.31. The van der Waals surface area contributed by atoms with Gasteiger partial charge in [-0.15, -0.1) is 0 Å². The van der Waals surface area contributed by atoms with Crippen LogP contribution in [0.2, 0.25) is 0 Å². The van der Waals surface area contributed by atoms with Gasteiger partial charge in [0.15, 0.2) is 0 Å². The van der Waals surface area contributed by atoms with Gasteiger partial charge in [0, 0.05) is 33.1 Å². The second kappa shape index (κ2) is 6.48. The lowest BCUT2D eigenvalue weighted by atomic mass is 10.1. The van der Waals surface area contributed by atoms with Gasteiger partial charge in [0.05, 0.1) is 5.92 Å². The topological polar surface area (TPSA) is 61.4 Å². The molecule has 1 aliphatic heterocycles. The molecule has 92 valence electrons. The molecule has 0 spiro atoms. The van der Waals surface area contributed by atoms with E-state index >= 15 is 0 Å². The minimum Gasteiger partial charge on any atom is -0.355 e. The summed E-state index contributed by atoms with van der Waals surface area (Å²) < 4.78 is 0. The molecule has 1 aliphatic rings. The Balaban J connectivity index is 2.14. The predicted molar refractivity (Wildman–Crippen MR) is 61.9 cm³/mol. The highest BCUT2D eigenvalue weighted by molar-refractivity contribution is 5.89. The number of rotatable bonds is 6. The van der Waals surface area contributed by atoms with Gasteiger partial charge in [0.25, 0.3) is 0 Å². The minimum atomic E-state index is -0.163. The molecule has 1 unspecified atom stereocenters. The molecule has 0 saturated carbocycles. The molecule has 1 saturated heterocycles. The van der Waals surface area contributed by atoms with Crippen LogP contribution < -0.4 is 10.6 Å². The van der Waals surface area contributed by atoms with E-state index in [4.69, 9.17) is 0 Å². The predicted octanol–water partition coefficient (Wildman–Crippen LogP) is -0.419. The van der Waals surface area contributed by atoms with Crippen molar-refractivity contribution < 1.29 is 9.59 Å². The van der Waals surface area contributed by atoms with Crippen molar-refractivity contribution in [1.82, 2.24) is 15.5 Å². The molecule has 1 atom stereocenters. The first kappa shape index (κ1) is 13.0. The molecule has 2 N–H and O–H groups in total. The second-order valence-electron chi connectivity index (χ2n) is 4.22. The molecule has 1 rings (SSSR count). The average Bonchev–Trinajstić information content (AvgIpc) is 2.59. The third kappa shape index (κ3) is 3.81. The molecule has 2 amide bonds. The Kier molecular flexibility index (Phi) is 5.25. The van der Waals surface area contributed by atoms with Crippen LogP contribution in [-0.2, 0) is 9.59 Å². The summed E-state index contributed by atoms with van der Waals surface area (Å²) in [5.41, 5.74) is 0. The Morgan fingerprint density at radius 3 is 2.75 bits per heavy atom. The Morgan fingerprint density at radius 2 is 2.19 bits per heavy atom. The number of nitrogens with zero attached hydrogens (tertiary/aromatic N) is 1. The summed E-state index contributed by atoms with van der Waals surface area (Å²) >= 11 is 0. The zero-order valence-corrected chi connectivity index (χ0v) is 10.1. The zero-order chi connectivity index (χ0) is 12.0. The summed E-state index contributed by atoms with van der Waals surface area (Å²) in [4.78, 5) is 24.5. The maximum atomic E-state index is 11.7. The van der Waals surface area contributed by atoms with E-state index in [1.807, 2.05) is 0 Å². The molecule has 0 aliphatic carbocycles. The highest BCUT2D eigenvalue weighted by Crippen LogP contribution is 2.15. The lowest BCUT2D eigenvalue weighted by molar-refractivity contribution is -0.128. The summed E-state index contributed by atoms with van der Waals surface area (Å²) in [7, 11) is 1.73. The number of hydrogen-bond donors (Lipinski definition) is 2. The van der Waals surface area contributed by atoms with Gasteiger partial charge >= 0.3 is 0 Å². The monoisotopic (exact) mass is 227 g/mol. The molecule has 0 aromatic rings. The number of hydrogen-bond acceptors (Lipinski definition) is 3. The van der Waals surface area contributed by atoms with E-state index in [0.29, 0.717) is 19.5 Å². The second-order valence-corrected chi connectivity index (χ2v) is 4.22. The maximum Gasteiger partial charge on any atom is 0.225 e. The fourth-order valence-corrected chi connectivity index (χ4v) is 1.76. The van der Waals surface area contributed by atoms with Crippen LogP contribution in [0.1, 0.15) is 19.8 Å². The fourth-order valence-electron chi connectivity index (χ4n) is 1.76. The van der Waals surface area contributed by atoms with Crippen LogP contribution in [0.3, 0.4) is 0 Å². The molecule has 1 heterocycles. The van der Waals surface area contributed by atoms with Gasteiger partial charge in [-0.2, -0.15) is 0 Å². The molecule has 16 heavy (non-hydrogen) atoms. The third-order valence-electron chi connectivity index (χ3n) is 2.74. The largest absolute Gasteiger partial charge is 0.355 e. The number of amides is 2. The van der Waals surface area contributed by atoms with Crippen LogP contribution >= 0.6 is 0 Å². The van der Waals surface area contributed by atoms with Crippen molar-refractivity contribution >= 4 is 11.8 Å². The van der Waals surface area contributed by atoms with Crippen molar-refractivity contribution in [3.63, 3.8) is 0 Å². The van der Waals surface area contributed by atoms with E-state index in [2.05, 4.69) is 17.6 Å². The SMILES string of the molecule is CCCNCCNC(=O)C1CC(=O)N(C)C1. The van der Waals surface area contributed by atoms with Gasteiger partial charge in [-0.1, -0.05) is 6.92 Å². The normalized spacial score (nSPS) is 20.2. The number of carbonyl (C=O) groups is 2. The molecule has 1 fully saturated rings. The van der Waals surface area contributed by atoms with Crippen molar-refractivity contribution in [3.8, 4) is 0 Å².